The summed E-state index contributed by atoms with van der Waals surface area (Å²) in [7, 11) is -3.23. The lowest BCUT2D eigenvalue weighted by molar-refractivity contribution is 0.374. The highest BCUT2D eigenvalue weighted by Crippen LogP contribution is 2.59. The van der Waals surface area contributed by atoms with E-state index in [1.54, 1.807) is 8.61 Å². The van der Waals surface area contributed by atoms with Crippen molar-refractivity contribution in [2.24, 2.45) is 5.92 Å². The minimum atomic E-state index is -3.23. The lowest BCUT2D eigenvalue weighted by Gasteiger charge is -2.26. The van der Waals surface area contributed by atoms with Gasteiger partial charge in [-0.15, -0.1) is 0 Å². The zero-order valence-corrected chi connectivity index (χ0v) is 13.3. The Bertz CT molecular complexity index is 649. The molecule has 0 bridgehead atoms. The van der Waals surface area contributed by atoms with E-state index in [1.165, 1.54) is 11.1 Å². The van der Waals surface area contributed by atoms with Gasteiger partial charge in [0.2, 0.25) is 0 Å². The third-order valence-electron chi connectivity index (χ3n) is 5.46. The van der Waals surface area contributed by atoms with E-state index in [2.05, 4.69) is 31.2 Å². The van der Waals surface area contributed by atoms with E-state index in [0.29, 0.717) is 32.1 Å². The van der Waals surface area contributed by atoms with Crippen LogP contribution < -0.4 is 0 Å². The highest BCUT2D eigenvalue weighted by atomic mass is 32.2. The molecule has 0 radical (unpaired) electrons. The van der Waals surface area contributed by atoms with Crippen LogP contribution in [-0.4, -0.2) is 43.2 Å². The molecular formula is C16H22N2O2S. The Morgan fingerprint density at radius 2 is 1.76 bits per heavy atom. The maximum Gasteiger partial charge on any atom is 0.282 e. The van der Waals surface area contributed by atoms with Crippen molar-refractivity contribution in [3.63, 3.8) is 0 Å². The van der Waals surface area contributed by atoms with Crippen LogP contribution in [0, 0.1) is 12.8 Å². The first-order valence-corrected chi connectivity index (χ1v) is 9.24. The summed E-state index contributed by atoms with van der Waals surface area (Å²) in [5, 5.41) is 0. The fourth-order valence-corrected chi connectivity index (χ4v) is 5.84. The predicted octanol–water partition coefficient (Wildman–Crippen LogP) is 1.91. The van der Waals surface area contributed by atoms with Crippen LogP contribution in [0.15, 0.2) is 24.3 Å². The number of hydrogen-bond acceptors (Lipinski definition) is 2. The molecule has 2 heterocycles. The van der Waals surface area contributed by atoms with Crippen LogP contribution in [0.25, 0.3) is 0 Å². The fourth-order valence-electron chi connectivity index (χ4n) is 4.03. The van der Waals surface area contributed by atoms with E-state index in [1.807, 2.05) is 0 Å². The van der Waals surface area contributed by atoms with Crippen LogP contribution in [0.3, 0.4) is 0 Å². The molecule has 1 saturated carbocycles. The van der Waals surface area contributed by atoms with Crippen molar-refractivity contribution in [3.05, 3.63) is 35.4 Å². The monoisotopic (exact) mass is 306 g/mol. The summed E-state index contributed by atoms with van der Waals surface area (Å²) in [6.07, 6.45) is 3.14. The van der Waals surface area contributed by atoms with Gasteiger partial charge < -0.3 is 0 Å². The number of hydrogen-bond donors (Lipinski definition) is 0. The van der Waals surface area contributed by atoms with E-state index < -0.39 is 10.2 Å². The van der Waals surface area contributed by atoms with E-state index in [9.17, 15) is 8.42 Å². The number of benzene rings is 1. The fraction of sp³-hybridized carbons (Fsp3) is 0.625. The average molecular weight is 306 g/mol. The lowest BCUT2D eigenvalue weighted by atomic mass is 9.94. The molecule has 114 valence electrons. The molecule has 5 heteroatoms. The molecule has 0 amide bonds. The molecule has 2 unspecified atom stereocenters. The molecule has 2 aliphatic heterocycles. The van der Waals surface area contributed by atoms with Gasteiger partial charge in [0, 0.05) is 31.6 Å². The Hall–Kier alpha value is -0.910. The summed E-state index contributed by atoms with van der Waals surface area (Å²) in [5.41, 5.74) is 2.67. The molecule has 2 atom stereocenters. The SMILES string of the molecule is Cc1ccc(C23CC2CN(S(=O)(=O)N2CCCC2)C3)cc1. The van der Waals surface area contributed by atoms with Gasteiger partial charge in [0.1, 0.15) is 0 Å². The first-order chi connectivity index (χ1) is 10.0. The van der Waals surface area contributed by atoms with Crippen molar-refractivity contribution in [2.45, 2.75) is 31.6 Å². The molecule has 1 aromatic carbocycles. The van der Waals surface area contributed by atoms with E-state index >= 15 is 0 Å². The summed E-state index contributed by atoms with van der Waals surface area (Å²) < 4.78 is 28.8. The number of nitrogens with zero attached hydrogens (tertiary/aromatic N) is 2. The molecule has 0 aromatic heterocycles. The quantitative estimate of drug-likeness (QED) is 0.856. The smallest absolute Gasteiger partial charge is 0.195 e. The minimum Gasteiger partial charge on any atom is -0.195 e. The van der Waals surface area contributed by atoms with Crippen LogP contribution in [0.1, 0.15) is 30.4 Å². The Kier molecular flexibility index (Phi) is 2.97. The number of aryl methyl sites for hydroxylation is 1. The molecule has 4 rings (SSSR count). The molecule has 0 N–H and O–H groups in total. The molecule has 3 aliphatic rings. The average Bonchev–Trinajstić information content (AvgIpc) is 2.88. The van der Waals surface area contributed by atoms with Gasteiger partial charge in [-0.25, -0.2) is 0 Å². The molecule has 3 fully saturated rings. The van der Waals surface area contributed by atoms with Crippen molar-refractivity contribution in [1.82, 2.24) is 8.61 Å². The van der Waals surface area contributed by atoms with E-state index in [-0.39, 0.29) is 5.41 Å². The van der Waals surface area contributed by atoms with Gasteiger partial charge in [-0.2, -0.15) is 17.0 Å². The second-order valence-corrected chi connectivity index (χ2v) is 8.76. The van der Waals surface area contributed by atoms with Gasteiger partial charge >= 0.3 is 0 Å². The van der Waals surface area contributed by atoms with Crippen LogP contribution in [0.4, 0.5) is 0 Å². The van der Waals surface area contributed by atoms with Gasteiger partial charge in [-0.3, -0.25) is 0 Å². The van der Waals surface area contributed by atoms with Crippen LogP contribution in [0.5, 0.6) is 0 Å². The zero-order valence-electron chi connectivity index (χ0n) is 12.5. The Morgan fingerprint density at radius 1 is 1.10 bits per heavy atom. The maximum atomic E-state index is 12.7. The van der Waals surface area contributed by atoms with Crippen molar-refractivity contribution in [2.75, 3.05) is 26.2 Å². The minimum absolute atomic E-state index is 0.0977. The first kappa shape index (κ1) is 13.7. The van der Waals surface area contributed by atoms with Crippen molar-refractivity contribution < 1.29 is 8.42 Å². The predicted molar refractivity (Wildman–Crippen MR) is 82.3 cm³/mol. The van der Waals surface area contributed by atoms with Crippen molar-refractivity contribution in [3.8, 4) is 0 Å². The highest BCUT2D eigenvalue weighted by Gasteiger charge is 2.63. The Labute approximate surface area is 126 Å². The number of piperidine rings is 1. The third-order valence-corrected chi connectivity index (χ3v) is 7.41. The molecule has 4 nitrogen and oxygen atoms in total. The lowest BCUT2D eigenvalue weighted by Crippen LogP contribution is -2.43. The molecule has 21 heavy (non-hydrogen) atoms. The van der Waals surface area contributed by atoms with Crippen molar-refractivity contribution in [1.29, 1.82) is 0 Å². The summed E-state index contributed by atoms with van der Waals surface area (Å²) in [6, 6.07) is 8.64. The topological polar surface area (TPSA) is 40.6 Å². The second-order valence-electron chi connectivity index (χ2n) is 6.83. The zero-order chi connectivity index (χ0) is 14.7. The van der Waals surface area contributed by atoms with Gasteiger partial charge in [0.25, 0.3) is 10.2 Å². The van der Waals surface area contributed by atoms with Gasteiger partial charge in [0.05, 0.1) is 0 Å². The maximum absolute atomic E-state index is 12.7. The first-order valence-electron chi connectivity index (χ1n) is 7.85. The number of fused-ring (bicyclic) bond motifs is 1. The highest BCUT2D eigenvalue weighted by molar-refractivity contribution is 7.86. The van der Waals surface area contributed by atoms with Gasteiger partial charge in [-0.1, -0.05) is 29.8 Å². The standard InChI is InChI=1S/C16H22N2O2S/c1-13-4-6-14(7-5-13)16-10-15(16)11-18(12-16)21(19,20)17-8-2-3-9-17/h4-7,15H,2-3,8-12H2,1H3. The van der Waals surface area contributed by atoms with Gasteiger partial charge in [0.15, 0.2) is 0 Å². The van der Waals surface area contributed by atoms with Gasteiger partial charge in [-0.05, 0) is 37.7 Å². The molecule has 1 aromatic rings. The molecule has 0 spiro atoms. The molecule has 1 aliphatic carbocycles. The van der Waals surface area contributed by atoms with Crippen molar-refractivity contribution >= 4 is 10.2 Å². The normalized spacial score (nSPS) is 33.3. The summed E-state index contributed by atoms with van der Waals surface area (Å²) >= 11 is 0. The second kappa shape index (κ2) is 4.54. The van der Waals surface area contributed by atoms with Crippen LogP contribution in [-0.2, 0) is 15.6 Å². The number of rotatable bonds is 3. The van der Waals surface area contributed by atoms with E-state index in [0.717, 1.165) is 19.3 Å². The van der Waals surface area contributed by atoms with E-state index in [4.69, 9.17) is 0 Å². The summed E-state index contributed by atoms with van der Waals surface area (Å²) in [4.78, 5) is 0. The Morgan fingerprint density at radius 3 is 2.43 bits per heavy atom. The summed E-state index contributed by atoms with van der Waals surface area (Å²) in [6.45, 7) is 4.85. The largest absolute Gasteiger partial charge is 0.282 e. The third kappa shape index (κ3) is 2.05. The molecule has 2 saturated heterocycles. The summed E-state index contributed by atoms with van der Waals surface area (Å²) in [5.74, 6) is 0.512. The molecular weight excluding hydrogens is 284 g/mol. The van der Waals surface area contributed by atoms with Crippen LogP contribution in [0.2, 0.25) is 0 Å². The van der Waals surface area contributed by atoms with Crippen LogP contribution >= 0.6 is 0 Å². The Balaban J connectivity index is 1.57.